The number of hydrogen-bond donors (Lipinski definition) is 3. The number of fused-ring (bicyclic) bond motifs is 1. The number of hydrazine groups is 1. The maximum atomic E-state index is 12.1. The van der Waals surface area contributed by atoms with Crippen molar-refractivity contribution in [3.8, 4) is 5.75 Å². The van der Waals surface area contributed by atoms with Crippen LogP contribution in [-0.2, 0) is 22.4 Å². The summed E-state index contributed by atoms with van der Waals surface area (Å²) in [6.07, 6.45) is 2.11. The molecule has 0 unspecified atom stereocenters. The van der Waals surface area contributed by atoms with E-state index < -0.39 is 0 Å². The van der Waals surface area contributed by atoms with Crippen LogP contribution >= 0.6 is 0 Å². The molecule has 0 bridgehead atoms. The predicted molar refractivity (Wildman–Crippen MR) is 95.0 cm³/mol. The number of rotatable bonds is 5. The van der Waals surface area contributed by atoms with E-state index in [1.54, 1.807) is 19.4 Å². The zero-order chi connectivity index (χ0) is 17.6. The van der Waals surface area contributed by atoms with E-state index in [-0.39, 0.29) is 24.7 Å². The lowest BCUT2D eigenvalue weighted by Gasteiger charge is -2.09. The highest BCUT2D eigenvalue weighted by atomic mass is 16.5. The Morgan fingerprint density at radius 1 is 0.920 bits per heavy atom. The van der Waals surface area contributed by atoms with Crippen LogP contribution in [0.1, 0.15) is 11.1 Å². The van der Waals surface area contributed by atoms with Gasteiger partial charge >= 0.3 is 0 Å². The van der Waals surface area contributed by atoms with Gasteiger partial charge in [-0.05, 0) is 17.7 Å². The van der Waals surface area contributed by atoms with E-state index in [0.29, 0.717) is 5.75 Å². The fourth-order valence-electron chi connectivity index (χ4n) is 2.70. The second-order valence-corrected chi connectivity index (χ2v) is 5.62. The molecular weight excluding hydrogens is 318 g/mol. The Labute approximate surface area is 145 Å². The molecule has 3 rings (SSSR count). The molecule has 6 heteroatoms. The number of carbonyl (C=O) groups is 2. The number of para-hydroxylation sites is 2. The summed E-state index contributed by atoms with van der Waals surface area (Å²) in [5.41, 5.74) is 7.51. The molecule has 6 nitrogen and oxygen atoms in total. The minimum Gasteiger partial charge on any atom is -0.496 e. The Morgan fingerprint density at radius 2 is 1.56 bits per heavy atom. The van der Waals surface area contributed by atoms with Crippen LogP contribution < -0.4 is 15.6 Å². The van der Waals surface area contributed by atoms with Gasteiger partial charge in [-0.1, -0.05) is 36.4 Å². The number of ether oxygens (including phenoxy) is 1. The molecule has 0 aliphatic carbocycles. The Kier molecular flexibility index (Phi) is 4.99. The van der Waals surface area contributed by atoms with E-state index in [9.17, 15) is 9.59 Å². The molecule has 0 radical (unpaired) electrons. The minimum absolute atomic E-state index is 0.122. The molecule has 2 aromatic carbocycles. The molecule has 25 heavy (non-hydrogen) atoms. The lowest BCUT2D eigenvalue weighted by atomic mass is 10.1. The van der Waals surface area contributed by atoms with Gasteiger partial charge in [0.1, 0.15) is 5.75 Å². The third-order valence-corrected chi connectivity index (χ3v) is 3.91. The minimum atomic E-state index is -0.309. The van der Waals surface area contributed by atoms with Crippen LogP contribution in [0.5, 0.6) is 5.75 Å². The molecule has 0 aliphatic rings. The molecule has 128 valence electrons. The summed E-state index contributed by atoms with van der Waals surface area (Å²) in [6, 6.07) is 15.0. The van der Waals surface area contributed by atoms with Crippen LogP contribution in [0.4, 0.5) is 0 Å². The Balaban J connectivity index is 1.54. The summed E-state index contributed by atoms with van der Waals surface area (Å²) in [7, 11) is 1.56. The first kappa shape index (κ1) is 16.6. The summed E-state index contributed by atoms with van der Waals surface area (Å²) in [5.74, 6) is 0.0534. The molecule has 1 aromatic heterocycles. The van der Waals surface area contributed by atoms with Crippen LogP contribution in [0, 0.1) is 0 Å². The van der Waals surface area contributed by atoms with Crippen molar-refractivity contribution < 1.29 is 14.3 Å². The van der Waals surface area contributed by atoms with Crippen LogP contribution in [0.15, 0.2) is 54.7 Å². The summed E-state index contributed by atoms with van der Waals surface area (Å²) >= 11 is 0. The predicted octanol–water partition coefficient (Wildman–Crippen LogP) is 2.11. The third-order valence-electron chi connectivity index (χ3n) is 3.91. The number of amides is 2. The first-order valence-electron chi connectivity index (χ1n) is 7.92. The summed E-state index contributed by atoms with van der Waals surface area (Å²) in [4.78, 5) is 27.2. The average Bonchev–Trinajstić information content (AvgIpc) is 3.03. The molecule has 0 fully saturated rings. The number of aromatic nitrogens is 1. The van der Waals surface area contributed by atoms with Crippen molar-refractivity contribution in [1.82, 2.24) is 15.8 Å². The zero-order valence-electron chi connectivity index (χ0n) is 13.8. The Bertz CT molecular complexity index is 902. The van der Waals surface area contributed by atoms with Crippen LogP contribution in [-0.4, -0.2) is 23.9 Å². The number of aromatic amines is 1. The standard InChI is InChI=1S/C19H19N3O3/c1-25-17-9-5-2-6-13(17)10-18(23)21-22-19(24)11-14-12-20-16-8-4-3-7-15(14)16/h2-9,12,20H,10-11H2,1H3,(H,21,23)(H,22,24). The van der Waals surface area contributed by atoms with Crippen molar-refractivity contribution in [3.05, 3.63) is 65.9 Å². The van der Waals surface area contributed by atoms with Crippen molar-refractivity contribution in [3.63, 3.8) is 0 Å². The monoisotopic (exact) mass is 337 g/mol. The van der Waals surface area contributed by atoms with Crippen LogP contribution in [0.2, 0.25) is 0 Å². The number of benzene rings is 2. The lowest BCUT2D eigenvalue weighted by molar-refractivity contribution is -0.128. The molecule has 3 N–H and O–H groups in total. The van der Waals surface area contributed by atoms with E-state index in [1.165, 1.54) is 0 Å². The molecule has 1 heterocycles. The molecular formula is C19H19N3O3. The number of hydrogen-bond acceptors (Lipinski definition) is 3. The van der Waals surface area contributed by atoms with E-state index >= 15 is 0 Å². The van der Waals surface area contributed by atoms with Gasteiger partial charge in [0.05, 0.1) is 20.0 Å². The van der Waals surface area contributed by atoms with Gasteiger partial charge in [0.15, 0.2) is 0 Å². The highest BCUT2D eigenvalue weighted by Crippen LogP contribution is 2.18. The highest BCUT2D eigenvalue weighted by Gasteiger charge is 2.11. The first-order chi connectivity index (χ1) is 12.2. The second kappa shape index (κ2) is 7.53. The third kappa shape index (κ3) is 3.98. The number of carbonyl (C=O) groups excluding carboxylic acids is 2. The van der Waals surface area contributed by atoms with E-state index in [0.717, 1.165) is 22.0 Å². The molecule has 0 saturated heterocycles. The van der Waals surface area contributed by atoms with Gasteiger partial charge in [-0.2, -0.15) is 0 Å². The number of H-pyrrole nitrogens is 1. The fraction of sp³-hybridized carbons (Fsp3) is 0.158. The van der Waals surface area contributed by atoms with E-state index in [2.05, 4.69) is 15.8 Å². The zero-order valence-corrected chi connectivity index (χ0v) is 13.8. The Hall–Kier alpha value is -3.28. The van der Waals surface area contributed by atoms with Gasteiger partial charge in [-0.3, -0.25) is 20.4 Å². The average molecular weight is 337 g/mol. The van der Waals surface area contributed by atoms with Gasteiger partial charge in [0.25, 0.3) is 0 Å². The van der Waals surface area contributed by atoms with Gasteiger partial charge in [-0.15, -0.1) is 0 Å². The largest absolute Gasteiger partial charge is 0.496 e. The van der Waals surface area contributed by atoms with Gasteiger partial charge < -0.3 is 9.72 Å². The fourth-order valence-corrected chi connectivity index (χ4v) is 2.70. The molecule has 2 amide bonds. The van der Waals surface area contributed by atoms with Gasteiger partial charge in [0.2, 0.25) is 11.8 Å². The van der Waals surface area contributed by atoms with Crippen LogP contribution in [0.3, 0.4) is 0 Å². The molecule has 0 spiro atoms. The van der Waals surface area contributed by atoms with Crippen molar-refractivity contribution in [2.75, 3.05) is 7.11 Å². The second-order valence-electron chi connectivity index (χ2n) is 5.62. The Morgan fingerprint density at radius 3 is 2.32 bits per heavy atom. The van der Waals surface area contributed by atoms with Crippen molar-refractivity contribution in [2.24, 2.45) is 0 Å². The van der Waals surface area contributed by atoms with Gasteiger partial charge in [-0.25, -0.2) is 0 Å². The smallest absolute Gasteiger partial charge is 0.242 e. The van der Waals surface area contributed by atoms with Crippen LogP contribution in [0.25, 0.3) is 10.9 Å². The lowest BCUT2D eigenvalue weighted by Crippen LogP contribution is -2.43. The number of nitrogens with one attached hydrogen (secondary N) is 3. The maximum absolute atomic E-state index is 12.1. The SMILES string of the molecule is COc1ccccc1CC(=O)NNC(=O)Cc1c[nH]c2ccccc12. The van der Waals surface area contributed by atoms with E-state index in [4.69, 9.17) is 4.74 Å². The molecule has 0 saturated carbocycles. The van der Waals surface area contributed by atoms with Crippen molar-refractivity contribution >= 4 is 22.7 Å². The van der Waals surface area contributed by atoms with Gasteiger partial charge in [0, 0.05) is 22.7 Å². The first-order valence-corrected chi connectivity index (χ1v) is 7.92. The number of methoxy groups -OCH3 is 1. The normalized spacial score (nSPS) is 10.4. The summed E-state index contributed by atoms with van der Waals surface area (Å²) < 4.78 is 5.21. The molecule has 0 atom stereocenters. The van der Waals surface area contributed by atoms with E-state index in [1.807, 2.05) is 42.5 Å². The van der Waals surface area contributed by atoms with Crippen molar-refractivity contribution in [2.45, 2.75) is 12.8 Å². The summed E-state index contributed by atoms with van der Waals surface area (Å²) in [6.45, 7) is 0. The topological polar surface area (TPSA) is 83.2 Å². The summed E-state index contributed by atoms with van der Waals surface area (Å²) in [5, 5.41) is 0.998. The molecule has 3 aromatic rings. The maximum Gasteiger partial charge on any atom is 0.242 e. The quantitative estimate of drug-likeness (QED) is 0.624. The van der Waals surface area contributed by atoms with Crippen molar-refractivity contribution in [1.29, 1.82) is 0 Å². The highest BCUT2D eigenvalue weighted by molar-refractivity contribution is 5.90. The molecule has 0 aliphatic heterocycles.